The van der Waals surface area contributed by atoms with E-state index in [0.29, 0.717) is 11.3 Å². The summed E-state index contributed by atoms with van der Waals surface area (Å²) in [7, 11) is 1.56. The number of para-hydroxylation sites is 1. The molecule has 17 heavy (non-hydrogen) atoms. The van der Waals surface area contributed by atoms with Gasteiger partial charge in [0.05, 0.1) is 7.11 Å². The molecule has 0 saturated heterocycles. The van der Waals surface area contributed by atoms with Gasteiger partial charge in [-0.15, -0.1) is 11.6 Å². The van der Waals surface area contributed by atoms with Gasteiger partial charge in [-0.05, 0) is 26.8 Å². The van der Waals surface area contributed by atoms with Crippen LogP contribution in [0.4, 0.5) is 0 Å². The second-order valence-corrected chi connectivity index (χ2v) is 5.28. The van der Waals surface area contributed by atoms with Gasteiger partial charge in [0.1, 0.15) is 11.1 Å². The standard InChI is InChI=1S/C13H18ClNO2/c1-13(2,3)15-12(16)11(14)9-7-5-6-8-10(9)17-4/h5-8,11H,1-4H3,(H,15,16). The minimum atomic E-state index is -0.745. The third kappa shape index (κ3) is 3.93. The largest absolute Gasteiger partial charge is 0.496 e. The normalized spacial score (nSPS) is 13.0. The van der Waals surface area contributed by atoms with E-state index in [0.717, 1.165) is 0 Å². The van der Waals surface area contributed by atoms with E-state index in [4.69, 9.17) is 16.3 Å². The van der Waals surface area contributed by atoms with E-state index >= 15 is 0 Å². The molecule has 1 rings (SSSR count). The number of methoxy groups -OCH3 is 1. The average Bonchev–Trinajstić information content (AvgIpc) is 2.25. The van der Waals surface area contributed by atoms with Gasteiger partial charge in [0.2, 0.25) is 5.91 Å². The molecule has 0 radical (unpaired) electrons. The first-order chi connectivity index (χ1) is 7.85. The molecule has 0 saturated carbocycles. The fourth-order valence-corrected chi connectivity index (χ4v) is 1.68. The van der Waals surface area contributed by atoms with Crippen LogP contribution in [-0.4, -0.2) is 18.6 Å². The number of nitrogens with one attached hydrogen (secondary N) is 1. The maximum Gasteiger partial charge on any atom is 0.243 e. The Morgan fingerprint density at radius 2 is 1.94 bits per heavy atom. The summed E-state index contributed by atoms with van der Waals surface area (Å²) in [6.45, 7) is 5.74. The SMILES string of the molecule is COc1ccccc1C(Cl)C(=O)NC(C)(C)C. The van der Waals surface area contributed by atoms with Crippen molar-refractivity contribution in [2.75, 3.05) is 7.11 Å². The number of benzene rings is 1. The third-order valence-corrected chi connectivity index (χ3v) is 2.57. The zero-order valence-electron chi connectivity index (χ0n) is 10.6. The number of ether oxygens (including phenoxy) is 1. The third-order valence-electron chi connectivity index (χ3n) is 2.14. The summed E-state index contributed by atoms with van der Waals surface area (Å²) in [5.74, 6) is 0.403. The highest BCUT2D eigenvalue weighted by Gasteiger charge is 2.24. The molecule has 0 aliphatic heterocycles. The first-order valence-electron chi connectivity index (χ1n) is 5.44. The Morgan fingerprint density at radius 1 is 1.35 bits per heavy atom. The van der Waals surface area contributed by atoms with Crippen LogP contribution in [0.15, 0.2) is 24.3 Å². The number of hydrogen-bond acceptors (Lipinski definition) is 2. The smallest absolute Gasteiger partial charge is 0.243 e. The van der Waals surface area contributed by atoms with E-state index in [1.807, 2.05) is 32.9 Å². The van der Waals surface area contributed by atoms with Crippen LogP contribution in [-0.2, 0) is 4.79 Å². The van der Waals surface area contributed by atoms with E-state index < -0.39 is 5.38 Å². The Hall–Kier alpha value is -1.22. The van der Waals surface area contributed by atoms with E-state index in [-0.39, 0.29) is 11.4 Å². The van der Waals surface area contributed by atoms with Crippen molar-refractivity contribution in [2.24, 2.45) is 0 Å². The molecule has 0 heterocycles. The maximum absolute atomic E-state index is 11.9. The molecule has 0 spiro atoms. The molecule has 0 fully saturated rings. The number of amides is 1. The minimum absolute atomic E-state index is 0.219. The minimum Gasteiger partial charge on any atom is -0.496 e. The van der Waals surface area contributed by atoms with Gasteiger partial charge in [0, 0.05) is 11.1 Å². The van der Waals surface area contributed by atoms with Crippen LogP contribution >= 0.6 is 11.6 Å². The van der Waals surface area contributed by atoms with Crippen molar-refractivity contribution in [3.8, 4) is 5.75 Å². The van der Waals surface area contributed by atoms with E-state index in [1.54, 1.807) is 19.2 Å². The first kappa shape index (κ1) is 13.8. The van der Waals surface area contributed by atoms with Gasteiger partial charge in [-0.1, -0.05) is 18.2 Å². The van der Waals surface area contributed by atoms with Crippen LogP contribution in [0.1, 0.15) is 31.7 Å². The summed E-state index contributed by atoms with van der Waals surface area (Å²) < 4.78 is 5.18. The molecule has 1 amide bonds. The quantitative estimate of drug-likeness (QED) is 0.844. The molecular formula is C13H18ClNO2. The van der Waals surface area contributed by atoms with E-state index in [9.17, 15) is 4.79 Å². The molecule has 0 aliphatic carbocycles. The van der Waals surface area contributed by atoms with Gasteiger partial charge < -0.3 is 10.1 Å². The van der Waals surface area contributed by atoms with Crippen molar-refractivity contribution in [3.63, 3.8) is 0 Å². The summed E-state index contributed by atoms with van der Waals surface area (Å²) in [6.07, 6.45) is 0. The first-order valence-corrected chi connectivity index (χ1v) is 5.88. The van der Waals surface area contributed by atoms with Gasteiger partial charge in [0.25, 0.3) is 0 Å². The molecule has 0 aliphatic rings. The van der Waals surface area contributed by atoms with Crippen molar-refractivity contribution >= 4 is 17.5 Å². The van der Waals surface area contributed by atoms with Crippen LogP contribution in [0, 0.1) is 0 Å². The zero-order chi connectivity index (χ0) is 13.1. The topological polar surface area (TPSA) is 38.3 Å². The summed E-state index contributed by atoms with van der Waals surface area (Å²) in [5, 5.41) is 2.10. The molecule has 4 heteroatoms. The Balaban J connectivity index is 2.89. The van der Waals surface area contributed by atoms with Crippen molar-refractivity contribution in [3.05, 3.63) is 29.8 Å². The van der Waals surface area contributed by atoms with Gasteiger partial charge >= 0.3 is 0 Å². The summed E-state index contributed by atoms with van der Waals surface area (Å²) in [6, 6.07) is 7.25. The molecule has 1 aromatic carbocycles. The van der Waals surface area contributed by atoms with Crippen molar-refractivity contribution < 1.29 is 9.53 Å². The second-order valence-electron chi connectivity index (χ2n) is 4.84. The van der Waals surface area contributed by atoms with Gasteiger partial charge in [-0.2, -0.15) is 0 Å². The van der Waals surface area contributed by atoms with Gasteiger partial charge in [-0.25, -0.2) is 0 Å². The van der Waals surface area contributed by atoms with E-state index in [1.165, 1.54) is 0 Å². The molecule has 1 N–H and O–H groups in total. The number of rotatable bonds is 3. The van der Waals surface area contributed by atoms with Gasteiger partial charge in [-0.3, -0.25) is 4.79 Å². The summed E-state index contributed by atoms with van der Waals surface area (Å²) in [5.41, 5.74) is 0.380. The molecule has 94 valence electrons. The Labute approximate surface area is 107 Å². The highest BCUT2D eigenvalue weighted by molar-refractivity contribution is 6.31. The molecule has 1 aromatic rings. The fourth-order valence-electron chi connectivity index (χ4n) is 1.45. The molecule has 1 atom stereocenters. The molecule has 0 bridgehead atoms. The highest BCUT2D eigenvalue weighted by atomic mass is 35.5. The lowest BCUT2D eigenvalue weighted by molar-refractivity contribution is -0.122. The molecule has 3 nitrogen and oxygen atoms in total. The Kier molecular flexibility index (Phi) is 4.40. The Morgan fingerprint density at radius 3 is 2.47 bits per heavy atom. The number of alkyl halides is 1. The van der Waals surface area contributed by atoms with Crippen LogP contribution in [0.2, 0.25) is 0 Å². The molecular weight excluding hydrogens is 238 g/mol. The molecule has 1 unspecified atom stereocenters. The van der Waals surface area contributed by atoms with Crippen LogP contribution < -0.4 is 10.1 Å². The average molecular weight is 256 g/mol. The zero-order valence-corrected chi connectivity index (χ0v) is 11.3. The lowest BCUT2D eigenvalue weighted by Gasteiger charge is -2.23. The van der Waals surface area contributed by atoms with Gasteiger partial charge in [0.15, 0.2) is 0 Å². The van der Waals surface area contributed by atoms with Crippen molar-refractivity contribution in [1.29, 1.82) is 0 Å². The van der Waals surface area contributed by atoms with Crippen LogP contribution in [0.25, 0.3) is 0 Å². The monoisotopic (exact) mass is 255 g/mol. The predicted octanol–water partition coefficient (Wildman–Crippen LogP) is 2.89. The van der Waals surface area contributed by atoms with Crippen molar-refractivity contribution in [1.82, 2.24) is 5.32 Å². The van der Waals surface area contributed by atoms with E-state index in [2.05, 4.69) is 5.32 Å². The van der Waals surface area contributed by atoms with Crippen LogP contribution in [0.5, 0.6) is 5.75 Å². The lowest BCUT2D eigenvalue weighted by atomic mass is 10.1. The number of carbonyl (C=O) groups is 1. The number of carbonyl (C=O) groups excluding carboxylic acids is 1. The van der Waals surface area contributed by atoms with Crippen LogP contribution in [0.3, 0.4) is 0 Å². The maximum atomic E-state index is 11.9. The molecule has 0 aromatic heterocycles. The Bertz CT molecular complexity index is 399. The second kappa shape index (κ2) is 5.41. The highest BCUT2D eigenvalue weighted by Crippen LogP contribution is 2.29. The number of halogens is 1. The summed E-state index contributed by atoms with van der Waals surface area (Å²) in [4.78, 5) is 11.9. The predicted molar refractivity (Wildman–Crippen MR) is 69.5 cm³/mol. The summed E-state index contributed by atoms with van der Waals surface area (Å²) >= 11 is 6.15. The fraction of sp³-hybridized carbons (Fsp3) is 0.462. The number of hydrogen-bond donors (Lipinski definition) is 1. The van der Waals surface area contributed by atoms with Crippen molar-refractivity contribution in [2.45, 2.75) is 31.7 Å². The lowest BCUT2D eigenvalue weighted by Crippen LogP contribution is -2.42.